The Hall–Kier alpha value is 0.0569. The fourth-order valence-corrected chi connectivity index (χ4v) is 6.51. The second-order valence-corrected chi connectivity index (χ2v) is 8.23. The number of rotatable bonds is 4. The molecule has 4 nitrogen and oxygen atoms in total. The van der Waals surface area contributed by atoms with Crippen LogP contribution in [0.2, 0.25) is 0 Å². The first-order valence-corrected chi connectivity index (χ1v) is 8.65. The largest absolute Gasteiger partial charge is 0.521 e. The Labute approximate surface area is 106 Å². The summed E-state index contributed by atoms with van der Waals surface area (Å²) in [5, 5.41) is 0. The molecule has 0 aromatic rings. The van der Waals surface area contributed by atoms with Crippen molar-refractivity contribution in [1.29, 1.82) is 0 Å². The molecule has 0 atom stereocenters. The minimum Gasteiger partial charge on any atom is -0.374 e. The van der Waals surface area contributed by atoms with Crippen LogP contribution in [0.1, 0.15) is 38.5 Å². The van der Waals surface area contributed by atoms with Gasteiger partial charge >= 0.3 is 8.88 Å². The quantitative estimate of drug-likeness (QED) is 0.717. The van der Waals surface area contributed by atoms with Gasteiger partial charge in [-0.05, 0) is 51.9 Å². The zero-order chi connectivity index (χ0) is 12.1. The summed E-state index contributed by atoms with van der Waals surface area (Å²) in [4.78, 5) is 0. The molecule has 2 saturated heterocycles. The average Bonchev–Trinajstić information content (AvgIpc) is 2.43. The van der Waals surface area contributed by atoms with E-state index in [0.717, 1.165) is 26.2 Å². The van der Waals surface area contributed by atoms with Crippen molar-refractivity contribution in [2.45, 2.75) is 38.5 Å². The molecule has 17 heavy (non-hydrogen) atoms. The molecule has 0 aliphatic carbocycles. The Morgan fingerprint density at radius 2 is 1.00 bits per heavy atom. The van der Waals surface area contributed by atoms with Gasteiger partial charge < -0.3 is 8.85 Å². The summed E-state index contributed by atoms with van der Waals surface area (Å²) in [5.41, 5.74) is 0. The average molecular weight is 258 g/mol. The van der Waals surface area contributed by atoms with Gasteiger partial charge in [-0.3, -0.25) is 9.13 Å². The van der Waals surface area contributed by atoms with Crippen molar-refractivity contribution >= 4 is 8.88 Å². The van der Waals surface area contributed by atoms with Crippen LogP contribution in [-0.4, -0.2) is 58.4 Å². The van der Waals surface area contributed by atoms with Gasteiger partial charge in [-0.15, -0.1) is 0 Å². The third-order valence-corrected chi connectivity index (χ3v) is 7.60. The molecule has 2 fully saturated rings. The Kier molecular flexibility index (Phi) is 4.99. The van der Waals surface area contributed by atoms with Crippen molar-refractivity contribution in [3.8, 4) is 0 Å². The van der Waals surface area contributed by atoms with Crippen molar-refractivity contribution < 1.29 is 8.85 Å². The maximum atomic E-state index is 5.93. The first-order valence-electron chi connectivity index (χ1n) is 6.94. The molecular formula is C12H26N2O2Si. The van der Waals surface area contributed by atoms with Crippen LogP contribution in [0.5, 0.6) is 0 Å². The summed E-state index contributed by atoms with van der Waals surface area (Å²) in [6.07, 6.45) is 7.86. The molecule has 0 radical (unpaired) electrons. The van der Waals surface area contributed by atoms with Crippen LogP contribution in [0.25, 0.3) is 0 Å². The molecule has 0 aromatic heterocycles. The normalized spacial score (nSPS) is 25.1. The van der Waals surface area contributed by atoms with Gasteiger partial charge in [0.15, 0.2) is 0 Å². The van der Waals surface area contributed by atoms with E-state index in [9.17, 15) is 0 Å². The van der Waals surface area contributed by atoms with Crippen LogP contribution in [0, 0.1) is 0 Å². The summed E-state index contributed by atoms with van der Waals surface area (Å²) >= 11 is 0. The van der Waals surface area contributed by atoms with Gasteiger partial charge in [0, 0.05) is 14.2 Å². The van der Waals surface area contributed by atoms with Gasteiger partial charge in [-0.2, -0.15) is 0 Å². The van der Waals surface area contributed by atoms with Crippen LogP contribution in [0.3, 0.4) is 0 Å². The highest BCUT2D eigenvalue weighted by Gasteiger charge is 2.50. The summed E-state index contributed by atoms with van der Waals surface area (Å²) < 4.78 is 16.9. The molecule has 0 unspecified atom stereocenters. The molecular weight excluding hydrogens is 232 g/mol. The Balaban J connectivity index is 2.10. The summed E-state index contributed by atoms with van der Waals surface area (Å²) in [6, 6.07) is 0. The Bertz CT molecular complexity index is 205. The van der Waals surface area contributed by atoms with Crippen molar-refractivity contribution in [3.63, 3.8) is 0 Å². The number of hydrogen-bond donors (Lipinski definition) is 0. The highest BCUT2D eigenvalue weighted by molar-refractivity contribution is 6.61. The molecule has 0 bridgehead atoms. The highest BCUT2D eigenvalue weighted by Crippen LogP contribution is 2.25. The van der Waals surface area contributed by atoms with Gasteiger partial charge in [0.05, 0.1) is 0 Å². The molecule has 0 spiro atoms. The van der Waals surface area contributed by atoms with Crippen molar-refractivity contribution in [2.24, 2.45) is 0 Å². The maximum absolute atomic E-state index is 5.93. The lowest BCUT2D eigenvalue weighted by Crippen LogP contribution is -2.70. The second kappa shape index (κ2) is 6.29. The molecule has 0 aromatic carbocycles. The topological polar surface area (TPSA) is 24.9 Å². The van der Waals surface area contributed by atoms with Gasteiger partial charge in [0.2, 0.25) is 0 Å². The molecule has 0 N–H and O–H groups in total. The summed E-state index contributed by atoms with van der Waals surface area (Å²) in [6.45, 7) is 4.57. The smallest absolute Gasteiger partial charge is 0.374 e. The molecule has 0 saturated carbocycles. The lowest BCUT2D eigenvalue weighted by atomic mass is 10.2. The first-order chi connectivity index (χ1) is 8.33. The van der Waals surface area contributed by atoms with E-state index in [4.69, 9.17) is 8.85 Å². The second-order valence-electron chi connectivity index (χ2n) is 5.05. The van der Waals surface area contributed by atoms with E-state index in [2.05, 4.69) is 9.13 Å². The van der Waals surface area contributed by atoms with Crippen LogP contribution >= 0.6 is 0 Å². The van der Waals surface area contributed by atoms with Gasteiger partial charge in [0.1, 0.15) is 0 Å². The van der Waals surface area contributed by atoms with E-state index in [-0.39, 0.29) is 0 Å². The molecule has 0 amide bonds. The summed E-state index contributed by atoms with van der Waals surface area (Å²) in [7, 11) is 1.39. The van der Waals surface area contributed by atoms with E-state index in [1.807, 2.05) is 14.2 Å². The minimum atomic E-state index is -2.28. The molecule has 2 rings (SSSR count). The highest BCUT2D eigenvalue weighted by atomic mass is 28.4. The van der Waals surface area contributed by atoms with Crippen molar-refractivity contribution in [3.05, 3.63) is 0 Å². The van der Waals surface area contributed by atoms with Crippen molar-refractivity contribution in [1.82, 2.24) is 9.13 Å². The summed E-state index contributed by atoms with van der Waals surface area (Å²) in [5.74, 6) is 0. The lowest BCUT2D eigenvalue weighted by molar-refractivity contribution is 0.0769. The third-order valence-electron chi connectivity index (χ3n) is 4.04. The van der Waals surface area contributed by atoms with Gasteiger partial charge in [-0.25, -0.2) is 0 Å². The fourth-order valence-electron chi connectivity index (χ4n) is 3.15. The van der Waals surface area contributed by atoms with E-state index in [1.54, 1.807) is 0 Å². The zero-order valence-electron chi connectivity index (χ0n) is 11.3. The Morgan fingerprint density at radius 3 is 1.29 bits per heavy atom. The monoisotopic (exact) mass is 258 g/mol. The van der Waals surface area contributed by atoms with Gasteiger partial charge in [-0.1, -0.05) is 12.8 Å². The third kappa shape index (κ3) is 2.74. The lowest BCUT2D eigenvalue weighted by Gasteiger charge is -2.46. The molecule has 2 aliphatic heterocycles. The fraction of sp³-hybridized carbons (Fsp3) is 1.00. The van der Waals surface area contributed by atoms with Crippen LogP contribution < -0.4 is 0 Å². The molecule has 2 aliphatic rings. The Morgan fingerprint density at radius 1 is 0.647 bits per heavy atom. The number of hydrogen-bond acceptors (Lipinski definition) is 4. The van der Waals surface area contributed by atoms with E-state index < -0.39 is 8.88 Å². The first kappa shape index (κ1) is 13.5. The van der Waals surface area contributed by atoms with Crippen LogP contribution in [0.4, 0.5) is 0 Å². The van der Waals surface area contributed by atoms with Crippen molar-refractivity contribution in [2.75, 3.05) is 40.4 Å². The SMILES string of the molecule is CO[Si](OC)(N1CCCCC1)N1CCCCC1. The molecule has 100 valence electrons. The molecule has 2 heterocycles. The number of piperidine rings is 2. The van der Waals surface area contributed by atoms with E-state index >= 15 is 0 Å². The van der Waals surface area contributed by atoms with Crippen LogP contribution in [0.15, 0.2) is 0 Å². The predicted octanol–water partition coefficient (Wildman–Crippen LogP) is 1.69. The number of nitrogens with zero attached hydrogens (tertiary/aromatic N) is 2. The minimum absolute atomic E-state index is 1.14. The van der Waals surface area contributed by atoms with E-state index in [0.29, 0.717) is 0 Å². The van der Waals surface area contributed by atoms with E-state index in [1.165, 1.54) is 38.5 Å². The van der Waals surface area contributed by atoms with Gasteiger partial charge in [0.25, 0.3) is 0 Å². The van der Waals surface area contributed by atoms with Crippen LogP contribution in [-0.2, 0) is 8.85 Å². The molecule has 5 heteroatoms. The predicted molar refractivity (Wildman–Crippen MR) is 70.6 cm³/mol. The zero-order valence-corrected chi connectivity index (χ0v) is 12.3. The standard InChI is InChI=1S/C12H26N2O2Si/c1-15-17(16-2,13-9-5-3-6-10-13)14-11-7-4-8-12-14/h3-12H2,1-2H3. The maximum Gasteiger partial charge on any atom is 0.521 e.